The van der Waals surface area contributed by atoms with Gasteiger partial charge in [0.15, 0.2) is 0 Å². The van der Waals surface area contributed by atoms with E-state index in [1.807, 2.05) is 6.92 Å². The number of hydrogen-bond donors (Lipinski definition) is 2. The van der Waals surface area contributed by atoms with E-state index in [0.717, 1.165) is 5.56 Å². The zero-order valence-corrected chi connectivity index (χ0v) is 21.6. The minimum Gasteiger partial charge on any atom is -0.466 e. The first kappa shape index (κ1) is 27.3. The molecule has 0 unspecified atom stereocenters. The molecule has 10 heteroatoms. The number of esters is 2. The molecule has 0 aliphatic heterocycles. The molecule has 2 N–H and O–H groups in total. The van der Waals surface area contributed by atoms with E-state index in [1.165, 1.54) is 19.1 Å². The van der Waals surface area contributed by atoms with E-state index in [-0.39, 0.29) is 30.2 Å². The van der Waals surface area contributed by atoms with Gasteiger partial charge >= 0.3 is 11.9 Å². The van der Waals surface area contributed by atoms with Gasteiger partial charge in [-0.15, -0.1) is 0 Å². The first-order chi connectivity index (χ1) is 17.0. The van der Waals surface area contributed by atoms with Gasteiger partial charge in [0.2, 0.25) is 0 Å². The zero-order valence-electron chi connectivity index (χ0n) is 20.8. The second-order valence-electron chi connectivity index (χ2n) is 8.94. The smallest absolute Gasteiger partial charge is 0.315 e. The van der Waals surface area contributed by atoms with Crippen molar-refractivity contribution in [3.8, 4) is 0 Å². The predicted molar refractivity (Wildman–Crippen MR) is 134 cm³/mol. The molecule has 4 atom stereocenters. The number of rotatable bonds is 8. The van der Waals surface area contributed by atoms with Crippen LogP contribution in [0.15, 0.2) is 64.6 Å². The van der Waals surface area contributed by atoms with Crippen LogP contribution in [0.5, 0.6) is 0 Å². The molecule has 36 heavy (non-hydrogen) atoms. The Kier molecular flexibility index (Phi) is 8.52. The van der Waals surface area contributed by atoms with Gasteiger partial charge in [-0.25, -0.2) is 4.83 Å². The van der Waals surface area contributed by atoms with Crippen LogP contribution in [0.1, 0.15) is 44.2 Å². The normalized spacial score (nSPS) is 25.2. The molecule has 1 fully saturated rings. The molecule has 0 heterocycles. The number of sulfonamides is 1. The van der Waals surface area contributed by atoms with Crippen LogP contribution >= 0.6 is 0 Å². The summed E-state index contributed by atoms with van der Waals surface area (Å²) in [6.07, 6.45) is -0.250. The van der Waals surface area contributed by atoms with Gasteiger partial charge in [-0.1, -0.05) is 48.0 Å². The van der Waals surface area contributed by atoms with Crippen molar-refractivity contribution in [3.05, 3.63) is 65.7 Å². The minimum atomic E-state index is -4.06. The van der Waals surface area contributed by atoms with Gasteiger partial charge in [-0.05, 0) is 45.4 Å². The molecule has 0 aromatic heterocycles. The van der Waals surface area contributed by atoms with Crippen molar-refractivity contribution in [1.29, 1.82) is 0 Å². The summed E-state index contributed by atoms with van der Waals surface area (Å²) < 4.78 is 36.4. The Morgan fingerprint density at radius 3 is 2.19 bits per heavy atom. The summed E-state index contributed by atoms with van der Waals surface area (Å²) in [5.41, 5.74) is -0.156. The monoisotopic (exact) mass is 516 g/mol. The van der Waals surface area contributed by atoms with Gasteiger partial charge in [0.1, 0.15) is 5.92 Å². The molecule has 0 spiro atoms. The van der Waals surface area contributed by atoms with E-state index in [9.17, 15) is 23.1 Å². The maximum absolute atomic E-state index is 13.2. The number of nitrogens with zero attached hydrogens (tertiary/aromatic N) is 1. The van der Waals surface area contributed by atoms with E-state index >= 15 is 0 Å². The number of hydrazone groups is 1. The lowest BCUT2D eigenvalue weighted by atomic mass is 9.61. The van der Waals surface area contributed by atoms with E-state index in [1.54, 1.807) is 56.3 Å². The van der Waals surface area contributed by atoms with Crippen molar-refractivity contribution in [3.63, 3.8) is 0 Å². The zero-order chi connectivity index (χ0) is 26.5. The van der Waals surface area contributed by atoms with E-state index in [2.05, 4.69) is 9.93 Å². The molecular formula is C26H32N2O7S. The minimum absolute atomic E-state index is 0.00304. The Balaban J connectivity index is 2.13. The fraction of sp³-hybridized carbons (Fsp3) is 0.423. The Hall–Kier alpha value is -3.24. The highest BCUT2D eigenvalue weighted by atomic mass is 32.2. The summed E-state index contributed by atoms with van der Waals surface area (Å²) in [6.45, 7) is 6.75. The van der Waals surface area contributed by atoms with Crippen molar-refractivity contribution in [1.82, 2.24) is 4.83 Å². The molecule has 2 aromatic rings. The SMILES string of the molecule is CCOC(=O)[C@@H]1/C(=N\NS(=O)(=O)c2ccc(C)cc2)C[C@](C)(O)[C@@H](C(=O)OCC)[C@H]1c1ccccc1. The maximum atomic E-state index is 13.2. The van der Waals surface area contributed by atoms with Crippen molar-refractivity contribution < 1.29 is 32.6 Å². The molecule has 194 valence electrons. The second kappa shape index (κ2) is 11.2. The lowest BCUT2D eigenvalue weighted by Gasteiger charge is -2.45. The molecule has 1 saturated carbocycles. The van der Waals surface area contributed by atoms with E-state index < -0.39 is 45.3 Å². The van der Waals surface area contributed by atoms with Crippen LogP contribution in [0.3, 0.4) is 0 Å². The van der Waals surface area contributed by atoms with Crippen LogP contribution in [-0.2, 0) is 29.1 Å². The van der Waals surface area contributed by atoms with Crippen molar-refractivity contribution in [2.45, 2.75) is 50.5 Å². The number of ether oxygens (including phenoxy) is 2. The van der Waals surface area contributed by atoms with E-state index in [4.69, 9.17) is 9.47 Å². The van der Waals surface area contributed by atoms with Crippen LogP contribution in [0.2, 0.25) is 0 Å². The largest absolute Gasteiger partial charge is 0.466 e. The highest BCUT2D eigenvalue weighted by Gasteiger charge is 2.56. The molecule has 3 rings (SSSR count). The fourth-order valence-corrected chi connectivity index (χ4v) is 5.42. The van der Waals surface area contributed by atoms with Crippen LogP contribution in [0.25, 0.3) is 0 Å². The van der Waals surface area contributed by atoms with E-state index in [0.29, 0.717) is 5.56 Å². The van der Waals surface area contributed by atoms with Gasteiger partial charge in [-0.3, -0.25) is 9.59 Å². The summed E-state index contributed by atoms with van der Waals surface area (Å²) in [7, 11) is -4.06. The number of aryl methyl sites for hydroxylation is 1. The maximum Gasteiger partial charge on any atom is 0.315 e. The molecule has 0 radical (unpaired) electrons. The first-order valence-corrected chi connectivity index (χ1v) is 13.3. The van der Waals surface area contributed by atoms with Crippen LogP contribution < -0.4 is 4.83 Å². The predicted octanol–water partition coefficient (Wildman–Crippen LogP) is 2.93. The lowest BCUT2D eigenvalue weighted by molar-refractivity contribution is -0.163. The Labute approximate surface area is 211 Å². The van der Waals surface area contributed by atoms with Gasteiger partial charge < -0.3 is 14.6 Å². The topological polar surface area (TPSA) is 131 Å². The number of carbonyl (C=O) groups excluding carboxylic acids is 2. The lowest BCUT2D eigenvalue weighted by Crippen LogP contribution is -2.55. The molecule has 0 saturated heterocycles. The fourth-order valence-electron chi connectivity index (χ4n) is 4.58. The van der Waals surface area contributed by atoms with Crippen LogP contribution in [-0.4, -0.2) is 50.0 Å². The third-order valence-corrected chi connectivity index (χ3v) is 7.42. The summed E-state index contributed by atoms with van der Waals surface area (Å²) >= 11 is 0. The molecule has 9 nitrogen and oxygen atoms in total. The first-order valence-electron chi connectivity index (χ1n) is 11.8. The van der Waals surface area contributed by atoms with Crippen LogP contribution in [0, 0.1) is 18.8 Å². The Bertz CT molecular complexity index is 1210. The summed E-state index contributed by atoms with van der Waals surface area (Å²) in [5.74, 6) is -4.50. The summed E-state index contributed by atoms with van der Waals surface area (Å²) in [4.78, 5) is 28.5. The molecule has 0 amide bonds. The van der Waals surface area contributed by atoms with Gasteiger partial charge in [0.25, 0.3) is 10.0 Å². The van der Waals surface area contributed by atoms with Gasteiger partial charge in [-0.2, -0.15) is 13.5 Å². The van der Waals surface area contributed by atoms with Gasteiger partial charge in [0.05, 0.1) is 35.3 Å². The van der Waals surface area contributed by atoms with Gasteiger partial charge in [0, 0.05) is 12.3 Å². The third-order valence-electron chi connectivity index (χ3n) is 6.19. The average molecular weight is 517 g/mol. The molecule has 1 aliphatic carbocycles. The average Bonchev–Trinajstić information content (AvgIpc) is 2.82. The third kappa shape index (κ3) is 5.93. The highest BCUT2D eigenvalue weighted by molar-refractivity contribution is 7.89. The van der Waals surface area contributed by atoms with Crippen molar-refractivity contribution in [2.75, 3.05) is 13.2 Å². The molecular weight excluding hydrogens is 484 g/mol. The number of benzene rings is 2. The Morgan fingerprint density at radius 1 is 1.03 bits per heavy atom. The summed E-state index contributed by atoms with van der Waals surface area (Å²) in [6, 6.07) is 15.0. The number of carbonyl (C=O) groups is 2. The summed E-state index contributed by atoms with van der Waals surface area (Å²) in [5, 5.41) is 15.5. The molecule has 1 aliphatic rings. The standard InChI is InChI=1S/C26H32N2O7S/c1-5-34-24(29)22-20(27-28-36(32,33)19-14-12-17(3)13-15-19)16-26(4,31)23(25(30)35-6-2)21(22)18-10-8-7-9-11-18/h7-15,21-23,28,31H,5-6,16H2,1-4H3/b27-20-/t21-,22+,23+,26-/m0/s1. The molecule has 0 bridgehead atoms. The number of nitrogens with one attached hydrogen (secondary N) is 1. The molecule has 2 aromatic carbocycles. The van der Waals surface area contributed by atoms with Crippen molar-refractivity contribution >= 4 is 27.7 Å². The Morgan fingerprint density at radius 2 is 1.61 bits per heavy atom. The second-order valence-corrected chi connectivity index (χ2v) is 10.6. The van der Waals surface area contributed by atoms with Crippen LogP contribution in [0.4, 0.5) is 0 Å². The quantitative estimate of drug-likeness (QED) is 0.407. The number of hydrogen-bond acceptors (Lipinski definition) is 8. The number of aliphatic hydroxyl groups is 1. The highest BCUT2D eigenvalue weighted by Crippen LogP contribution is 2.47. The van der Waals surface area contributed by atoms with Crippen molar-refractivity contribution in [2.24, 2.45) is 16.9 Å².